The predicted octanol–water partition coefficient (Wildman–Crippen LogP) is 1.19. The van der Waals surface area contributed by atoms with E-state index in [4.69, 9.17) is 10.2 Å². The Bertz CT molecular complexity index is 497. The first-order valence-electron chi connectivity index (χ1n) is 4.94. The molecule has 1 aliphatic rings. The first kappa shape index (κ1) is 12.1. The number of sulfonamides is 1. The molecule has 2 rings (SSSR count). The topological polar surface area (TPSA) is 85.3 Å². The van der Waals surface area contributed by atoms with Crippen molar-refractivity contribution in [1.29, 1.82) is 0 Å². The van der Waals surface area contributed by atoms with Crippen molar-refractivity contribution in [3.63, 3.8) is 0 Å². The summed E-state index contributed by atoms with van der Waals surface area (Å²) < 4.78 is 31.8. The fraction of sp³-hybridized carbons (Fsp3) is 0.556. The molecule has 1 aromatic heterocycles. The molecule has 3 N–H and O–H groups in total. The summed E-state index contributed by atoms with van der Waals surface area (Å²) in [6.07, 6.45) is 0.887. The number of nitrogens with one attached hydrogen (secondary N) is 1. The van der Waals surface area contributed by atoms with Crippen LogP contribution in [0.5, 0.6) is 0 Å². The molecule has 0 bridgehead atoms. The lowest BCUT2D eigenvalue weighted by Crippen LogP contribution is -2.26. The van der Waals surface area contributed by atoms with Crippen LogP contribution in [-0.4, -0.2) is 14.5 Å². The number of nitrogens with two attached hydrogens (primary N) is 1. The van der Waals surface area contributed by atoms with Crippen LogP contribution >= 0.6 is 15.9 Å². The molecule has 0 spiro atoms. The van der Waals surface area contributed by atoms with Gasteiger partial charge in [-0.3, -0.25) is 0 Å². The van der Waals surface area contributed by atoms with Crippen molar-refractivity contribution in [1.82, 2.24) is 4.72 Å². The van der Waals surface area contributed by atoms with Gasteiger partial charge >= 0.3 is 0 Å². The van der Waals surface area contributed by atoms with Gasteiger partial charge < -0.3 is 10.2 Å². The van der Waals surface area contributed by atoms with Gasteiger partial charge in [-0.05, 0) is 28.3 Å². The summed E-state index contributed by atoms with van der Waals surface area (Å²) in [4.78, 5) is 0.118. The maximum atomic E-state index is 11.9. The Morgan fingerprint density at radius 3 is 2.75 bits per heavy atom. The molecule has 1 fully saturated rings. The van der Waals surface area contributed by atoms with E-state index < -0.39 is 10.0 Å². The van der Waals surface area contributed by atoms with E-state index in [0.29, 0.717) is 11.7 Å². The van der Waals surface area contributed by atoms with Crippen LogP contribution in [0.25, 0.3) is 0 Å². The molecule has 1 heterocycles. The van der Waals surface area contributed by atoms with Gasteiger partial charge in [0.25, 0.3) is 0 Å². The molecule has 90 valence electrons. The Kier molecular flexibility index (Phi) is 3.13. The summed E-state index contributed by atoms with van der Waals surface area (Å²) in [7, 11) is -3.50. The summed E-state index contributed by atoms with van der Waals surface area (Å²) in [5, 5.41) is 0. The van der Waals surface area contributed by atoms with Gasteiger partial charge in [-0.1, -0.05) is 6.92 Å². The lowest BCUT2D eigenvalue weighted by molar-refractivity contribution is 0.483. The molecule has 0 aliphatic heterocycles. The first-order chi connectivity index (χ1) is 7.44. The van der Waals surface area contributed by atoms with E-state index in [1.54, 1.807) is 0 Å². The molecule has 5 nitrogen and oxygen atoms in total. The fourth-order valence-electron chi connectivity index (χ4n) is 1.43. The number of rotatable bonds is 4. The lowest BCUT2D eigenvalue weighted by atomic mass is 10.5. The van der Waals surface area contributed by atoms with Gasteiger partial charge in [0.05, 0.1) is 6.54 Å². The van der Waals surface area contributed by atoms with E-state index in [-0.39, 0.29) is 22.2 Å². The molecular formula is C9H13BrN2O3S. The molecule has 16 heavy (non-hydrogen) atoms. The standard InChI is InChI=1S/C9H13BrN2O3S/c1-5-2-7(5)12-16(13,14)8-3-6(4-11)15-9(8)10/h3,5,7,12H,2,4,11H2,1H3. The van der Waals surface area contributed by atoms with Gasteiger partial charge in [0.1, 0.15) is 10.7 Å². The molecule has 0 aromatic carbocycles. The smallest absolute Gasteiger partial charge is 0.245 e. The van der Waals surface area contributed by atoms with Crippen molar-refractivity contribution < 1.29 is 12.8 Å². The second kappa shape index (κ2) is 4.14. The molecule has 0 amide bonds. The van der Waals surface area contributed by atoms with E-state index in [0.717, 1.165) is 6.42 Å². The van der Waals surface area contributed by atoms with Crippen LogP contribution in [0.4, 0.5) is 0 Å². The highest BCUT2D eigenvalue weighted by atomic mass is 79.9. The minimum absolute atomic E-state index is 0.0492. The Balaban J connectivity index is 2.24. The van der Waals surface area contributed by atoms with Crippen LogP contribution in [-0.2, 0) is 16.6 Å². The maximum Gasteiger partial charge on any atom is 0.245 e. The zero-order valence-corrected chi connectivity index (χ0v) is 11.1. The third-order valence-corrected chi connectivity index (χ3v) is 4.96. The average Bonchev–Trinajstić information content (AvgIpc) is 2.74. The van der Waals surface area contributed by atoms with E-state index in [1.807, 2.05) is 6.92 Å². The number of hydrogen-bond acceptors (Lipinski definition) is 4. The minimum Gasteiger partial charge on any atom is -0.452 e. The highest BCUT2D eigenvalue weighted by Crippen LogP contribution is 2.32. The summed E-state index contributed by atoms with van der Waals surface area (Å²) in [5.74, 6) is 0.852. The first-order valence-corrected chi connectivity index (χ1v) is 7.22. The van der Waals surface area contributed by atoms with Gasteiger partial charge in [0.2, 0.25) is 10.0 Å². The number of hydrogen-bond donors (Lipinski definition) is 2. The zero-order valence-electron chi connectivity index (χ0n) is 8.73. The Morgan fingerprint density at radius 2 is 2.31 bits per heavy atom. The van der Waals surface area contributed by atoms with Crippen LogP contribution in [0.3, 0.4) is 0 Å². The molecule has 0 radical (unpaired) electrons. The van der Waals surface area contributed by atoms with Crippen LogP contribution in [0.2, 0.25) is 0 Å². The Hall–Kier alpha value is -0.370. The second-order valence-corrected chi connectivity index (χ2v) is 6.40. The molecular weight excluding hydrogens is 296 g/mol. The van der Waals surface area contributed by atoms with Crippen LogP contribution < -0.4 is 10.5 Å². The monoisotopic (exact) mass is 308 g/mol. The van der Waals surface area contributed by atoms with Crippen LogP contribution in [0, 0.1) is 5.92 Å². The molecule has 2 atom stereocenters. The van der Waals surface area contributed by atoms with Crippen LogP contribution in [0.1, 0.15) is 19.1 Å². The predicted molar refractivity (Wildman–Crippen MR) is 62.2 cm³/mol. The van der Waals surface area contributed by atoms with Gasteiger partial charge in [0, 0.05) is 12.1 Å². The van der Waals surface area contributed by atoms with E-state index in [9.17, 15) is 8.42 Å². The largest absolute Gasteiger partial charge is 0.452 e. The quantitative estimate of drug-likeness (QED) is 0.875. The Labute approximate surface area is 103 Å². The minimum atomic E-state index is -3.50. The fourth-order valence-corrected chi connectivity index (χ4v) is 3.79. The molecule has 1 saturated carbocycles. The van der Waals surface area contributed by atoms with E-state index >= 15 is 0 Å². The zero-order chi connectivity index (χ0) is 11.9. The average molecular weight is 309 g/mol. The molecule has 1 aliphatic carbocycles. The van der Waals surface area contributed by atoms with Crippen molar-refractivity contribution in [3.8, 4) is 0 Å². The van der Waals surface area contributed by atoms with E-state index in [1.165, 1.54) is 6.07 Å². The van der Waals surface area contributed by atoms with E-state index in [2.05, 4.69) is 20.7 Å². The van der Waals surface area contributed by atoms with Crippen molar-refractivity contribution in [3.05, 3.63) is 16.5 Å². The summed E-state index contributed by atoms with van der Waals surface area (Å²) in [6, 6.07) is 1.49. The third kappa shape index (κ3) is 2.32. The van der Waals surface area contributed by atoms with Gasteiger partial charge in [-0.25, -0.2) is 13.1 Å². The lowest BCUT2D eigenvalue weighted by Gasteiger charge is -2.02. The molecule has 2 unspecified atom stereocenters. The van der Waals surface area contributed by atoms with Gasteiger partial charge in [0.15, 0.2) is 4.67 Å². The van der Waals surface area contributed by atoms with Crippen molar-refractivity contribution in [2.75, 3.05) is 0 Å². The van der Waals surface area contributed by atoms with Crippen molar-refractivity contribution in [2.24, 2.45) is 11.7 Å². The van der Waals surface area contributed by atoms with Crippen molar-refractivity contribution in [2.45, 2.75) is 30.8 Å². The normalized spacial score (nSPS) is 24.7. The molecule has 7 heteroatoms. The van der Waals surface area contributed by atoms with Crippen LogP contribution in [0.15, 0.2) is 20.0 Å². The highest BCUT2D eigenvalue weighted by molar-refractivity contribution is 9.10. The summed E-state index contributed by atoms with van der Waals surface area (Å²) in [6.45, 7) is 2.18. The highest BCUT2D eigenvalue weighted by Gasteiger charge is 2.37. The summed E-state index contributed by atoms with van der Waals surface area (Å²) >= 11 is 3.08. The summed E-state index contributed by atoms with van der Waals surface area (Å²) in [5.41, 5.74) is 5.38. The number of halogens is 1. The van der Waals surface area contributed by atoms with Crippen molar-refractivity contribution >= 4 is 26.0 Å². The SMILES string of the molecule is CC1CC1NS(=O)(=O)c1cc(CN)oc1Br. The molecule has 0 saturated heterocycles. The van der Waals surface area contributed by atoms with Gasteiger partial charge in [-0.15, -0.1) is 0 Å². The Morgan fingerprint density at radius 1 is 1.69 bits per heavy atom. The second-order valence-electron chi connectivity index (χ2n) is 4.00. The maximum absolute atomic E-state index is 11.9. The molecule has 1 aromatic rings. The van der Waals surface area contributed by atoms with Gasteiger partial charge in [-0.2, -0.15) is 0 Å². The third-order valence-electron chi connectivity index (χ3n) is 2.61. The number of furan rings is 1.